The topological polar surface area (TPSA) is 54.4 Å². The summed E-state index contributed by atoms with van der Waals surface area (Å²) in [5.41, 5.74) is 1.76. The number of ketones is 1. The number of halogens is 1. The fourth-order valence-corrected chi connectivity index (χ4v) is 2.63. The monoisotopic (exact) mass is 350 g/mol. The van der Waals surface area contributed by atoms with Crippen LogP contribution in [0.5, 0.6) is 0 Å². The molecule has 1 N–H and O–H groups in total. The van der Waals surface area contributed by atoms with E-state index in [9.17, 15) is 9.59 Å². The van der Waals surface area contributed by atoms with Crippen LogP contribution in [0.15, 0.2) is 47.6 Å². The van der Waals surface area contributed by atoms with Gasteiger partial charge in [0.2, 0.25) is 0 Å². The maximum atomic E-state index is 12.2. The number of aliphatic carboxylic acids is 1. The molecule has 0 aromatic carbocycles. The summed E-state index contributed by atoms with van der Waals surface area (Å²) < 4.78 is 0. The highest BCUT2D eigenvalue weighted by Gasteiger charge is 2.19. The maximum absolute atomic E-state index is 12.2. The lowest BCUT2D eigenvalue weighted by Gasteiger charge is -1.99. The smallest absolute Gasteiger partial charge is 0.303 e. The molecule has 1 aliphatic carbocycles. The third-order valence-corrected chi connectivity index (χ3v) is 4.10. The van der Waals surface area contributed by atoms with E-state index in [1.165, 1.54) is 0 Å². The van der Waals surface area contributed by atoms with Gasteiger partial charge in [0.05, 0.1) is 0 Å². The summed E-state index contributed by atoms with van der Waals surface area (Å²) in [6, 6.07) is 0. The second-order valence-electron chi connectivity index (χ2n) is 5.86. The number of allylic oxidation sites excluding steroid dienone is 8. The van der Waals surface area contributed by atoms with Crippen LogP contribution in [0.1, 0.15) is 57.8 Å². The Hall–Kier alpha value is -1.61. The quantitative estimate of drug-likeness (QED) is 0.223. The molecule has 24 heavy (non-hydrogen) atoms. The molecular weight excluding hydrogens is 324 g/mol. The Balaban J connectivity index is 2.23. The molecule has 1 rings (SSSR count). The van der Waals surface area contributed by atoms with E-state index in [1.807, 2.05) is 24.3 Å². The lowest BCUT2D eigenvalue weighted by molar-refractivity contribution is -0.137. The molecular formula is C20H27ClO3. The van der Waals surface area contributed by atoms with Crippen molar-refractivity contribution in [3.8, 4) is 0 Å². The van der Waals surface area contributed by atoms with Gasteiger partial charge in [0, 0.05) is 17.9 Å². The van der Waals surface area contributed by atoms with Gasteiger partial charge in [-0.1, -0.05) is 36.5 Å². The minimum absolute atomic E-state index is 0.163. The van der Waals surface area contributed by atoms with E-state index >= 15 is 0 Å². The first-order valence-corrected chi connectivity index (χ1v) is 9.20. The van der Waals surface area contributed by atoms with E-state index in [-0.39, 0.29) is 12.2 Å². The second-order valence-corrected chi connectivity index (χ2v) is 6.24. The number of carboxylic acid groups (broad SMARTS) is 1. The van der Waals surface area contributed by atoms with Gasteiger partial charge in [-0.3, -0.25) is 9.59 Å². The number of carbonyl (C=O) groups is 2. The Kier molecular flexibility index (Phi) is 10.9. The summed E-state index contributed by atoms with van der Waals surface area (Å²) in [4.78, 5) is 22.6. The van der Waals surface area contributed by atoms with Gasteiger partial charge in [0.1, 0.15) is 0 Å². The highest BCUT2D eigenvalue weighted by Crippen LogP contribution is 2.24. The van der Waals surface area contributed by atoms with E-state index in [2.05, 4.69) is 12.2 Å². The van der Waals surface area contributed by atoms with Gasteiger partial charge in [-0.05, 0) is 56.9 Å². The average molecular weight is 351 g/mol. The number of hydrogen-bond acceptors (Lipinski definition) is 2. The zero-order valence-electron chi connectivity index (χ0n) is 14.2. The summed E-state index contributed by atoms with van der Waals surface area (Å²) in [5.74, 6) is 0.0984. The minimum Gasteiger partial charge on any atom is -0.481 e. The standard InChI is InChI=1S/C20H27ClO3/c21-16-10-6-2-1-3-7-11-17-14-15-18(20(17)24)12-8-4-5-9-13-19(22)23/h1-2,4,8,12,14H,3,5-7,9-11,13,15-16H2,(H,22,23). The van der Waals surface area contributed by atoms with Crippen molar-refractivity contribution in [3.63, 3.8) is 0 Å². The predicted octanol–water partition coefficient (Wildman–Crippen LogP) is 5.37. The number of rotatable bonds is 12. The third kappa shape index (κ3) is 8.88. The minimum atomic E-state index is -0.768. The fraction of sp³-hybridized carbons (Fsp3) is 0.500. The van der Waals surface area contributed by atoms with Crippen molar-refractivity contribution in [2.24, 2.45) is 0 Å². The molecule has 0 aliphatic heterocycles. The van der Waals surface area contributed by atoms with Crippen LogP contribution in [0.2, 0.25) is 0 Å². The van der Waals surface area contributed by atoms with Gasteiger partial charge in [0.25, 0.3) is 0 Å². The number of hydrogen-bond donors (Lipinski definition) is 1. The van der Waals surface area contributed by atoms with Crippen LogP contribution < -0.4 is 0 Å². The van der Waals surface area contributed by atoms with E-state index in [1.54, 1.807) is 0 Å². The van der Waals surface area contributed by atoms with Gasteiger partial charge in [-0.15, -0.1) is 11.6 Å². The number of unbranched alkanes of at least 4 members (excludes halogenated alkanes) is 3. The summed E-state index contributed by atoms with van der Waals surface area (Å²) in [5, 5.41) is 8.55. The molecule has 0 unspecified atom stereocenters. The highest BCUT2D eigenvalue weighted by molar-refractivity contribution is 6.17. The van der Waals surface area contributed by atoms with Crippen molar-refractivity contribution in [3.05, 3.63) is 47.6 Å². The average Bonchev–Trinajstić information content (AvgIpc) is 2.90. The molecule has 4 heteroatoms. The zero-order chi connectivity index (χ0) is 17.6. The van der Waals surface area contributed by atoms with Crippen LogP contribution in [0.25, 0.3) is 0 Å². The molecule has 0 amide bonds. The van der Waals surface area contributed by atoms with Crippen LogP contribution in [0, 0.1) is 0 Å². The molecule has 0 bridgehead atoms. The van der Waals surface area contributed by atoms with Crippen LogP contribution in [0.4, 0.5) is 0 Å². The van der Waals surface area contributed by atoms with Crippen molar-refractivity contribution in [2.45, 2.75) is 57.8 Å². The summed E-state index contributed by atoms with van der Waals surface area (Å²) in [6.45, 7) is 0. The normalized spacial score (nSPS) is 16.6. The molecule has 0 aromatic rings. The van der Waals surface area contributed by atoms with Gasteiger partial charge in [0.15, 0.2) is 5.78 Å². The Morgan fingerprint density at radius 3 is 2.54 bits per heavy atom. The molecule has 3 nitrogen and oxygen atoms in total. The molecule has 0 heterocycles. The first-order valence-electron chi connectivity index (χ1n) is 8.67. The largest absolute Gasteiger partial charge is 0.481 e. The lowest BCUT2D eigenvalue weighted by atomic mass is 10.0. The highest BCUT2D eigenvalue weighted by atomic mass is 35.5. The van der Waals surface area contributed by atoms with Gasteiger partial charge >= 0.3 is 5.97 Å². The van der Waals surface area contributed by atoms with E-state index in [0.29, 0.717) is 18.7 Å². The number of Topliss-reactive ketones (excluding diaryl/α,β-unsaturated/α-hetero) is 1. The van der Waals surface area contributed by atoms with Gasteiger partial charge in [-0.25, -0.2) is 0 Å². The predicted molar refractivity (Wildman–Crippen MR) is 99.4 cm³/mol. The third-order valence-electron chi connectivity index (χ3n) is 3.83. The second kappa shape index (κ2) is 12.8. The summed E-state index contributed by atoms with van der Waals surface area (Å²) in [7, 11) is 0. The molecule has 0 saturated heterocycles. The SMILES string of the molecule is O=C(O)CCCC=CC=C1CC=C(CCCC=CCCCCl)C1=O. The van der Waals surface area contributed by atoms with Crippen LogP contribution in [-0.4, -0.2) is 22.7 Å². The van der Waals surface area contributed by atoms with Gasteiger partial charge in [-0.2, -0.15) is 0 Å². The molecule has 0 aromatic heterocycles. The van der Waals surface area contributed by atoms with E-state index in [4.69, 9.17) is 16.7 Å². The van der Waals surface area contributed by atoms with Crippen molar-refractivity contribution < 1.29 is 14.7 Å². The molecule has 0 radical (unpaired) electrons. The zero-order valence-corrected chi connectivity index (χ0v) is 14.9. The number of carboxylic acids is 1. The molecule has 0 saturated carbocycles. The first kappa shape index (κ1) is 20.4. The first-order chi connectivity index (χ1) is 11.6. The Bertz CT molecular complexity index is 527. The van der Waals surface area contributed by atoms with Crippen LogP contribution in [0.3, 0.4) is 0 Å². The molecule has 1 aliphatic rings. The molecule has 0 spiro atoms. The van der Waals surface area contributed by atoms with E-state index < -0.39 is 5.97 Å². The van der Waals surface area contributed by atoms with Crippen molar-refractivity contribution >= 4 is 23.4 Å². The van der Waals surface area contributed by atoms with Crippen molar-refractivity contribution in [2.75, 3.05) is 5.88 Å². The summed E-state index contributed by atoms with van der Waals surface area (Å²) >= 11 is 5.62. The van der Waals surface area contributed by atoms with E-state index in [0.717, 1.165) is 49.7 Å². The molecule has 0 fully saturated rings. The van der Waals surface area contributed by atoms with Crippen molar-refractivity contribution in [1.29, 1.82) is 0 Å². The molecule has 132 valence electrons. The Morgan fingerprint density at radius 1 is 1.12 bits per heavy atom. The number of alkyl halides is 1. The Labute approximate surface area is 149 Å². The lowest BCUT2D eigenvalue weighted by Crippen LogP contribution is -1.99. The molecule has 0 atom stereocenters. The fourth-order valence-electron chi connectivity index (χ4n) is 2.48. The summed E-state index contributed by atoms with van der Waals surface area (Å²) in [6.07, 6.45) is 19.1. The Morgan fingerprint density at radius 2 is 1.83 bits per heavy atom. The van der Waals surface area contributed by atoms with Crippen molar-refractivity contribution in [1.82, 2.24) is 0 Å². The maximum Gasteiger partial charge on any atom is 0.303 e. The van der Waals surface area contributed by atoms with Gasteiger partial charge < -0.3 is 5.11 Å². The van der Waals surface area contributed by atoms with Crippen LogP contribution >= 0.6 is 11.6 Å². The van der Waals surface area contributed by atoms with Crippen LogP contribution in [-0.2, 0) is 9.59 Å². The number of carbonyl (C=O) groups excluding carboxylic acids is 1.